The first kappa shape index (κ1) is 15.1. The van der Waals surface area contributed by atoms with Crippen LogP contribution in [0, 0.1) is 0 Å². The zero-order valence-electron chi connectivity index (χ0n) is 13.9. The molecular weight excluding hydrogens is 300 g/mol. The molecule has 3 aromatic rings. The average Bonchev–Trinajstić information content (AvgIpc) is 3.02. The Balaban J connectivity index is 1.47. The molecule has 1 aliphatic heterocycles. The standard InChI is InChI=1S/C19H22N4O/c1-23-18-11-14(5-6-16(18)12-21-23)13-24-19-4-2-3-17(22-19)15-7-9-20-10-8-15/h2-6,11-12,15,20H,7-10,13H2,1H3. The number of benzene rings is 1. The maximum absolute atomic E-state index is 5.93. The van der Waals surface area contributed by atoms with Crippen molar-refractivity contribution in [2.24, 2.45) is 7.05 Å². The second-order valence-electron chi connectivity index (χ2n) is 6.37. The summed E-state index contributed by atoms with van der Waals surface area (Å²) in [6.45, 7) is 2.66. The molecule has 0 radical (unpaired) electrons. The Morgan fingerprint density at radius 3 is 2.96 bits per heavy atom. The Kier molecular flexibility index (Phi) is 4.17. The van der Waals surface area contributed by atoms with Crippen LogP contribution < -0.4 is 10.1 Å². The maximum atomic E-state index is 5.93. The van der Waals surface area contributed by atoms with Crippen LogP contribution in [-0.2, 0) is 13.7 Å². The van der Waals surface area contributed by atoms with E-state index in [1.54, 1.807) is 0 Å². The van der Waals surface area contributed by atoms with E-state index in [-0.39, 0.29) is 0 Å². The predicted octanol–water partition coefficient (Wildman–Crippen LogP) is 3.01. The van der Waals surface area contributed by atoms with Crippen LogP contribution in [0.25, 0.3) is 10.9 Å². The van der Waals surface area contributed by atoms with E-state index >= 15 is 0 Å². The van der Waals surface area contributed by atoms with Crippen LogP contribution in [0.2, 0.25) is 0 Å². The highest BCUT2D eigenvalue weighted by atomic mass is 16.5. The van der Waals surface area contributed by atoms with Gasteiger partial charge in [0.2, 0.25) is 5.88 Å². The normalized spacial score (nSPS) is 15.7. The Hall–Kier alpha value is -2.40. The van der Waals surface area contributed by atoms with Gasteiger partial charge in [-0.1, -0.05) is 18.2 Å². The molecule has 0 spiro atoms. The number of nitrogens with zero attached hydrogens (tertiary/aromatic N) is 3. The van der Waals surface area contributed by atoms with Gasteiger partial charge in [0.15, 0.2) is 0 Å². The van der Waals surface area contributed by atoms with Crippen LogP contribution in [0.5, 0.6) is 5.88 Å². The molecule has 5 heteroatoms. The molecule has 5 nitrogen and oxygen atoms in total. The van der Waals surface area contributed by atoms with E-state index in [1.165, 1.54) is 0 Å². The molecule has 124 valence electrons. The van der Waals surface area contributed by atoms with Gasteiger partial charge in [-0.05, 0) is 43.6 Å². The van der Waals surface area contributed by atoms with Crippen molar-refractivity contribution in [2.75, 3.05) is 13.1 Å². The van der Waals surface area contributed by atoms with E-state index in [2.05, 4.69) is 34.7 Å². The molecule has 3 heterocycles. The third-order valence-corrected chi connectivity index (χ3v) is 4.70. The number of aryl methyl sites for hydroxylation is 1. The number of rotatable bonds is 4. The number of fused-ring (bicyclic) bond motifs is 1. The summed E-state index contributed by atoms with van der Waals surface area (Å²) in [6, 6.07) is 12.4. The lowest BCUT2D eigenvalue weighted by Gasteiger charge is -2.22. The molecule has 0 bridgehead atoms. The molecule has 24 heavy (non-hydrogen) atoms. The highest BCUT2D eigenvalue weighted by molar-refractivity contribution is 5.79. The SMILES string of the molecule is Cn1ncc2ccc(COc3cccc(C4CCNCC4)n3)cc21. The molecule has 4 rings (SSSR count). The second kappa shape index (κ2) is 6.61. The first-order chi connectivity index (χ1) is 11.8. The number of hydrogen-bond donors (Lipinski definition) is 1. The van der Waals surface area contributed by atoms with E-state index in [0.29, 0.717) is 18.4 Å². The maximum Gasteiger partial charge on any atom is 0.213 e. The molecule has 1 saturated heterocycles. The van der Waals surface area contributed by atoms with Gasteiger partial charge in [-0.3, -0.25) is 4.68 Å². The first-order valence-corrected chi connectivity index (χ1v) is 8.51. The highest BCUT2D eigenvalue weighted by Gasteiger charge is 2.16. The van der Waals surface area contributed by atoms with E-state index in [0.717, 1.165) is 48.1 Å². The lowest BCUT2D eigenvalue weighted by Crippen LogP contribution is -2.27. The van der Waals surface area contributed by atoms with Crippen LogP contribution in [0.3, 0.4) is 0 Å². The van der Waals surface area contributed by atoms with E-state index in [9.17, 15) is 0 Å². The lowest BCUT2D eigenvalue weighted by atomic mass is 9.94. The van der Waals surface area contributed by atoms with Crippen LogP contribution in [-0.4, -0.2) is 27.9 Å². The quantitative estimate of drug-likeness (QED) is 0.802. The largest absolute Gasteiger partial charge is 0.473 e. The molecule has 1 fully saturated rings. The van der Waals surface area contributed by atoms with Crippen LogP contribution in [0.15, 0.2) is 42.6 Å². The van der Waals surface area contributed by atoms with Gasteiger partial charge in [0.1, 0.15) is 6.61 Å². The van der Waals surface area contributed by atoms with E-state index in [4.69, 9.17) is 9.72 Å². The molecule has 0 saturated carbocycles. The molecular formula is C19H22N4O. The van der Waals surface area contributed by atoms with E-state index < -0.39 is 0 Å². The van der Waals surface area contributed by atoms with Crippen molar-refractivity contribution in [1.29, 1.82) is 0 Å². The van der Waals surface area contributed by atoms with Crippen molar-refractivity contribution in [1.82, 2.24) is 20.1 Å². The third kappa shape index (κ3) is 3.12. The minimum Gasteiger partial charge on any atom is -0.473 e. The Labute approximate surface area is 141 Å². The van der Waals surface area contributed by atoms with Gasteiger partial charge < -0.3 is 10.1 Å². The topological polar surface area (TPSA) is 52.0 Å². The van der Waals surface area contributed by atoms with Gasteiger partial charge in [0.25, 0.3) is 0 Å². The predicted molar refractivity (Wildman–Crippen MR) is 94.1 cm³/mol. The summed E-state index contributed by atoms with van der Waals surface area (Å²) in [5.74, 6) is 1.25. The zero-order chi connectivity index (χ0) is 16.4. The summed E-state index contributed by atoms with van der Waals surface area (Å²) in [5, 5.41) is 8.82. The summed E-state index contributed by atoms with van der Waals surface area (Å²) in [6.07, 6.45) is 4.17. The van der Waals surface area contributed by atoms with Crippen molar-refractivity contribution in [3.8, 4) is 5.88 Å². The lowest BCUT2D eigenvalue weighted by molar-refractivity contribution is 0.291. The van der Waals surface area contributed by atoms with Crippen molar-refractivity contribution in [2.45, 2.75) is 25.4 Å². The fourth-order valence-electron chi connectivity index (χ4n) is 3.29. The summed E-state index contributed by atoms with van der Waals surface area (Å²) in [5.41, 5.74) is 3.39. The van der Waals surface area contributed by atoms with Crippen molar-refractivity contribution in [3.05, 3.63) is 53.9 Å². The van der Waals surface area contributed by atoms with Gasteiger partial charge in [-0.15, -0.1) is 0 Å². The molecule has 0 unspecified atom stereocenters. The van der Waals surface area contributed by atoms with Crippen molar-refractivity contribution < 1.29 is 4.74 Å². The van der Waals surface area contributed by atoms with Crippen LogP contribution >= 0.6 is 0 Å². The summed E-state index contributed by atoms with van der Waals surface area (Å²) >= 11 is 0. The number of aromatic nitrogens is 3. The zero-order valence-corrected chi connectivity index (χ0v) is 13.9. The summed E-state index contributed by atoms with van der Waals surface area (Å²) in [4.78, 5) is 4.71. The molecule has 1 N–H and O–H groups in total. The van der Waals surface area contributed by atoms with Crippen molar-refractivity contribution in [3.63, 3.8) is 0 Å². The monoisotopic (exact) mass is 322 g/mol. The fourth-order valence-corrected chi connectivity index (χ4v) is 3.29. The molecule has 2 aromatic heterocycles. The Morgan fingerprint density at radius 1 is 1.21 bits per heavy atom. The molecule has 0 aliphatic carbocycles. The highest BCUT2D eigenvalue weighted by Crippen LogP contribution is 2.25. The average molecular weight is 322 g/mol. The number of ether oxygens (including phenoxy) is 1. The van der Waals surface area contributed by atoms with Gasteiger partial charge in [-0.25, -0.2) is 4.98 Å². The van der Waals surface area contributed by atoms with Crippen molar-refractivity contribution >= 4 is 10.9 Å². The van der Waals surface area contributed by atoms with Gasteiger partial charge in [-0.2, -0.15) is 5.10 Å². The first-order valence-electron chi connectivity index (χ1n) is 8.51. The van der Waals surface area contributed by atoms with Crippen LogP contribution in [0.4, 0.5) is 0 Å². The van der Waals surface area contributed by atoms with Gasteiger partial charge >= 0.3 is 0 Å². The second-order valence-corrected chi connectivity index (χ2v) is 6.37. The summed E-state index contributed by atoms with van der Waals surface area (Å²) < 4.78 is 7.82. The Morgan fingerprint density at radius 2 is 2.08 bits per heavy atom. The van der Waals surface area contributed by atoms with Gasteiger partial charge in [0, 0.05) is 30.1 Å². The molecule has 1 aromatic carbocycles. The Bertz CT molecular complexity index is 836. The van der Waals surface area contributed by atoms with Crippen LogP contribution in [0.1, 0.15) is 30.0 Å². The molecule has 1 aliphatic rings. The molecule has 0 atom stereocenters. The number of pyridine rings is 1. The smallest absolute Gasteiger partial charge is 0.213 e. The third-order valence-electron chi connectivity index (χ3n) is 4.70. The molecule has 0 amide bonds. The fraction of sp³-hybridized carbons (Fsp3) is 0.368. The number of hydrogen-bond acceptors (Lipinski definition) is 4. The van der Waals surface area contributed by atoms with E-state index in [1.807, 2.05) is 30.1 Å². The minimum absolute atomic E-state index is 0.518. The number of piperidine rings is 1. The summed E-state index contributed by atoms with van der Waals surface area (Å²) in [7, 11) is 1.96. The van der Waals surface area contributed by atoms with Gasteiger partial charge in [0.05, 0.1) is 11.7 Å². The minimum atomic E-state index is 0.518. The number of nitrogens with one attached hydrogen (secondary N) is 1.